The maximum absolute atomic E-state index is 13.2. The SMILES string of the molecule is Cc1cccc(CN2CCCC(NC(=O)[C@H](CC(C)C)NC(=O)c3cc4ccccc4o3)C(=O)C2)n1. The highest BCUT2D eigenvalue weighted by atomic mass is 16.3. The number of hydrogen-bond acceptors (Lipinski definition) is 6. The van der Waals surface area contributed by atoms with Crippen LogP contribution in [0.25, 0.3) is 11.0 Å². The third kappa shape index (κ3) is 6.57. The molecule has 190 valence electrons. The zero-order chi connectivity index (χ0) is 25.7. The Labute approximate surface area is 211 Å². The lowest BCUT2D eigenvalue weighted by Crippen LogP contribution is -2.52. The van der Waals surface area contributed by atoms with E-state index in [0.717, 1.165) is 29.7 Å². The van der Waals surface area contributed by atoms with E-state index in [4.69, 9.17) is 4.42 Å². The van der Waals surface area contributed by atoms with Crippen LogP contribution in [0, 0.1) is 12.8 Å². The standard InChI is InChI=1S/C28H34N4O4/c1-18(2)14-23(31-28(35)26-15-20-9-4-5-12-25(20)36-26)27(34)30-22-11-7-13-32(17-24(22)33)16-21-10-6-8-19(3)29-21/h4-6,8-10,12,15,18,22-23H,7,11,13-14,16-17H2,1-3H3,(H,30,34)(H,31,35)/t22?,23-/m0/s1. The average molecular weight is 491 g/mol. The van der Waals surface area contributed by atoms with Crippen LogP contribution in [-0.4, -0.2) is 52.7 Å². The number of Topliss-reactive ketones (excluding diaryl/α,β-unsaturated/α-hetero) is 1. The number of aromatic nitrogens is 1. The molecule has 0 radical (unpaired) electrons. The van der Waals surface area contributed by atoms with E-state index in [-0.39, 0.29) is 29.9 Å². The highest BCUT2D eigenvalue weighted by Crippen LogP contribution is 2.19. The number of furan rings is 1. The van der Waals surface area contributed by atoms with Gasteiger partial charge < -0.3 is 15.1 Å². The van der Waals surface area contributed by atoms with Crippen LogP contribution in [0.1, 0.15) is 55.1 Å². The van der Waals surface area contributed by atoms with Gasteiger partial charge in [0.1, 0.15) is 11.6 Å². The molecule has 1 aromatic carbocycles. The molecule has 2 N–H and O–H groups in total. The van der Waals surface area contributed by atoms with E-state index in [9.17, 15) is 14.4 Å². The number of hydrogen-bond donors (Lipinski definition) is 2. The number of likely N-dealkylation sites (tertiary alicyclic amines) is 1. The van der Waals surface area contributed by atoms with E-state index >= 15 is 0 Å². The lowest BCUT2D eigenvalue weighted by molar-refractivity contribution is -0.129. The molecule has 36 heavy (non-hydrogen) atoms. The molecule has 4 rings (SSSR count). The minimum Gasteiger partial charge on any atom is -0.451 e. The molecule has 0 aliphatic carbocycles. The van der Waals surface area contributed by atoms with Crippen LogP contribution < -0.4 is 10.6 Å². The first kappa shape index (κ1) is 25.6. The Kier molecular flexibility index (Phi) is 8.15. The second-order valence-corrected chi connectivity index (χ2v) is 9.95. The number of nitrogens with zero attached hydrogens (tertiary/aromatic N) is 2. The van der Waals surface area contributed by atoms with Crippen molar-refractivity contribution in [1.82, 2.24) is 20.5 Å². The predicted molar refractivity (Wildman–Crippen MR) is 137 cm³/mol. The van der Waals surface area contributed by atoms with Gasteiger partial charge in [-0.1, -0.05) is 38.1 Å². The van der Waals surface area contributed by atoms with Crippen molar-refractivity contribution in [1.29, 1.82) is 0 Å². The molecule has 1 aliphatic heterocycles. The molecule has 8 heteroatoms. The number of rotatable bonds is 8. The average Bonchev–Trinajstić information content (AvgIpc) is 3.19. The number of carbonyl (C=O) groups is 3. The first-order valence-corrected chi connectivity index (χ1v) is 12.6. The number of ketones is 1. The van der Waals surface area contributed by atoms with E-state index in [2.05, 4.69) is 20.5 Å². The summed E-state index contributed by atoms with van der Waals surface area (Å²) in [6, 6.07) is 13.6. The number of aryl methyl sites for hydroxylation is 1. The Hall–Kier alpha value is -3.52. The summed E-state index contributed by atoms with van der Waals surface area (Å²) in [5, 5.41) is 6.55. The molecule has 1 unspecified atom stereocenters. The maximum Gasteiger partial charge on any atom is 0.287 e. The zero-order valence-electron chi connectivity index (χ0n) is 21.1. The van der Waals surface area contributed by atoms with Crippen molar-refractivity contribution in [2.45, 2.75) is 58.7 Å². The first-order chi connectivity index (χ1) is 17.3. The minimum absolute atomic E-state index is 0.0274. The summed E-state index contributed by atoms with van der Waals surface area (Å²) >= 11 is 0. The summed E-state index contributed by atoms with van der Waals surface area (Å²) in [5.74, 6) is -0.501. The fourth-order valence-corrected chi connectivity index (χ4v) is 4.59. The molecule has 1 fully saturated rings. The van der Waals surface area contributed by atoms with E-state index < -0.39 is 18.0 Å². The van der Waals surface area contributed by atoms with Gasteiger partial charge in [-0.15, -0.1) is 0 Å². The van der Waals surface area contributed by atoms with Crippen molar-refractivity contribution in [3.8, 4) is 0 Å². The zero-order valence-corrected chi connectivity index (χ0v) is 21.1. The Morgan fingerprint density at radius 2 is 1.97 bits per heavy atom. The summed E-state index contributed by atoms with van der Waals surface area (Å²) in [6.45, 7) is 7.52. The lowest BCUT2D eigenvalue weighted by atomic mass is 10.0. The third-order valence-electron chi connectivity index (χ3n) is 6.36. The van der Waals surface area contributed by atoms with Gasteiger partial charge >= 0.3 is 0 Å². The second-order valence-electron chi connectivity index (χ2n) is 9.95. The largest absolute Gasteiger partial charge is 0.451 e. The Bertz CT molecular complexity index is 1200. The summed E-state index contributed by atoms with van der Waals surface area (Å²) in [5.41, 5.74) is 2.48. The van der Waals surface area contributed by atoms with Gasteiger partial charge in [0.15, 0.2) is 11.5 Å². The minimum atomic E-state index is -0.769. The van der Waals surface area contributed by atoms with Crippen LogP contribution in [0.2, 0.25) is 0 Å². The maximum atomic E-state index is 13.2. The summed E-state index contributed by atoms with van der Waals surface area (Å²) in [6.07, 6.45) is 1.79. The predicted octanol–water partition coefficient (Wildman–Crippen LogP) is 3.63. The van der Waals surface area contributed by atoms with Crippen molar-refractivity contribution in [2.24, 2.45) is 5.92 Å². The molecule has 2 atom stereocenters. The molecule has 2 aromatic heterocycles. The highest BCUT2D eigenvalue weighted by molar-refractivity contribution is 5.99. The van der Waals surface area contributed by atoms with Crippen LogP contribution in [0.4, 0.5) is 0 Å². The third-order valence-corrected chi connectivity index (χ3v) is 6.36. The number of carbonyl (C=O) groups excluding carboxylic acids is 3. The van der Waals surface area contributed by atoms with Crippen molar-refractivity contribution < 1.29 is 18.8 Å². The molecule has 3 heterocycles. The van der Waals surface area contributed by atoms with Crippen LogP contribution in [0.3, 0.4) is 0 Å². The van der Waals surface area contributed by atoms with Crippen LogP contribution in [-0.2, 0) is 16.1 Å². The number of fused-ring (bicyclic) bond motifs is 1. The molecular formula is C28H34N4O4. The van der Waals surface area contributed by atoms with Crippen LogP contribution in [0.15, 0.2) is 52.9 Å². The van der Waals surface area contributed by atoms with E-state index in [1.165, 1.54) is 0 Å². The van der Waals surface area contributed by atoms with Gasteiger partial charge in [0.2, 0.25) is 5.91 Å². The lowest BCUT2D eigenvalue weighted by Gasteiger charge is -2.23. The number of benzene rings is 1. The van der Waals surface area contributed by atoms with Gasteiger partial charge in [0.25, 0.3) is 5.91 Å². The monoisotopic (exact) mass is 490 g/mol. The highest BCUT2D eigenvalue weighted by Gasteiger charge is 2.30. The molecule has 2 amide bonds. The molecule has 0 saturated carbocycles. The van der Waals surface area contributed by atoms with Crippen molar-refractivity contribution in [2.75, 3.05) is 13.1 Å². The number of nitrogens with one attached hydrogen (secondary N) is 2. The summed E-state index contributed by atoms with van der Waals surface area (Å²) < 4.78 is 5.66. The van der Waals surface area contributed by atoms with Crippen molar-refractivity contribution in [3.05, 3.63) is 65.7 Å². The Morgan fingerprint density at radius 3 is 2.72 bits per heavy atom. The fourth-order valence-electron chi connectivity index (χ4n) is 4.59. The number of amides is 2. The van der Waals surface area contributed by atoms with Crippen molar-refractivity contribution in [3.63, 3.8) is 0 Å². The van der Waals surface area contributed by atoms with Gasteiger partial charge in [0.05, 0.1) is 18.3 Å². The van der Waals surface area contributed by atoms with Gasteiger partial charge in [-0.05, 0) is 62.9 Å². The second kappa shape index (κ2) is 11.5. The molecule has 8 nitrogen and oxygen atoms in total. The quantitative estimate of drug-likeness (QED) is 0.500. The topological polar surface area (TPSA) is 105 Å². The van der Waals surface area contributed by atoms with Crippen molar-refractivity contribution >= 4 is 28.6 Å². The van der Waals surface area contributed by atoms with Crippen LogP contribution in [0.5, 0.6) is 0 Å². The number of pyridine rings is 1. The first-order valence-electron chi connectivity index (χ1n) is 12.6. The van der Waals surface area contributed by atoms with Gasteiger partial charge in [0, 0.05) is 17.6 Å². The van der Waals surface area contributed by atoms with E-state index in [0.29, 0.717) is 25.0 Å². The smallest absolute Gasteiger partial charge is 0.287 e. The fraction of sp³-hybridized carbons (Fsp3) is 0.429. The van der Waals surface area contributed by atoms with Gasteiger partial charge in [-0.25, -0.2) is 0 Å². The molecule has 0 spiro atoms. The summed E-state index contributed by atoms with van der Waals surface area (Å²) in [7, 11) is 0. The number of para-hydroxylation sites is 1. The molecule has 1 saturated heterocycles. The van der Waals surface area contributed by atoms with Gasteiger partial charge in [-0.3, -0.25) is 24.3 Å². The molecule has 3 aromatic rings. The van der Waals surface area contributed by atoms with E-state index in [1.807, 2.05) is 57.2 Å². The Morgan fingerprint density at radius 1 is 1.17 bits per heavy atom. The molecule has 0 bridgehead atoms. The normalized spacial score (nSPS) is 17.7. The van der Waals surface area contributed by atoms with E-state index in [1.54, 1.807) is 12.1 Å². The molecule has 1 aliphatic rings. The van der Waals surface area contributed by atoms with Gasteiger partial charge in [-0.2, -0.15) is 0 Å². The Balaban J connectivity index is 1.39. The molecular weight excluding hydrogens is 456 g/mol. The van der Waals surface area contributed by atoms with Crippen LogP contribution >= 0.6 is 0 Å². The summed E-state index contributed by atoms with van der Waals surface area (Å²) in [4.78, 5) is 45.8.